The molecule has 0 saturated carbocycles. The molecule has 2 nitrogen and oxygen atoms in total. The molecule has 0 spiro atoms. The number of alkyl halides is 3. The molecular weight excluding hydrogens is 309 g/mol. The van der Waals surface area contributed by atoms with Crippen LogP contribution in [0.3, 0.4) is 0 Å². The zero-order valence-electron chi connectivity index (χ0n) is 13.5. The van der Waals surface area contributed by atoms with Crippen molar-refractivity contribution < 1.29 is 22.7 Å². The van der Waals surface area contributed by atoms with Gasteiger partial charge >= 0.3 is 6.18 Å². The molecule has 1 atom stereocenters. The third-order valence-electron chi connectivity index (χ3n) is 3.87. The molecule has 22 heavy (non-hydrogen) atoms. The Morgan fingerprint density at radius 1 is 1.14 bits per heavy atom. The SMILES string of the molecule is CC(C)(C)[Si](C)(C)O/C(=C\[C@@H](O)C(F)(F)F)c1ccccc1. The largest absolute Gasteiger partial charge is 0.543 e. The number of aliphatic hydroxyl groups is 1. The number of rotatable bonds is 4. The molecular formula is C16H23F3O2Si. The van der Waals surface area contributed by atoms with Crippen LogP contribution in [0.15, 0.2) is 36.4 Å². The Morgan fingerprint density at radius 2 is 1.64 bits per heavy atom. The molecule has 0 aliphatic rings. The summed E-state index contributed by atoms with van der Waals surface area (Å²) >= 11 is 0. The minimum atomic E-state index is -4.71. The lowest BCUT2D eigenvalue weighted by Crippen LogP contribution is -2.40. The van der Waals surface area contributed by atoms with Crippen LogP contribution in [-0.2, 0) is 4.43 Å². The van der Waals surface area contributed by atoms with Gasteiger partial charge in [0.1, 0.15) is 5.76 Å². The molecule has 0 fully saturated rings. The van der Waals surface area contributed by atoms with Crippen LogP contribution in [0.4, 0.5) is 13.2 Å². The molecule has 1 aromatic rings. The molecule has 0 saturated heterocycles. The average molecular weight is 332 g/mol. The fraction of sp³-hybridized carbons (Fsp3) is 0.500. The summed E-state index contributed by atoms with van der Waals surface area (Å²) in [4.78, 5) is 0. The minimum Gasteiger partial charge on any atom is -0.543 e. The first-order valence-corrected chi connectivity index (χ1v) is 9.96. The van der Waals surface area contributed by atoms with E-state index in [9.17, 15) is 18.3 Å². The van der Waals surface area contributed by atoms with Gasteiger partial charge in [-0.2, -0.15) is 13.2 Å². The van der Waals surface area contributed by atoms with E-state index in [0.29, 0.717) is 5.56 Å². The van der Waals surface area contributed by atoms with Crippen molar-refractivity contribution in [2.45, 2.75) is 51.2 Å². The summed E-state index contributed by atoms with van der Waals surface area (Å²) in [6.45, 7) is 9.90. The number of benzene rings is 1. The van der Waals surface area contributed by atoms with E-state index in [1.165, 1.54) is 0 Å². The molecule has 0 aliphatic carbocycles. The van der Waals surface area contributed by atoms with Gasteiger partial charge in [-0.25, -0.2) is 0 Å². The van der Waals surface area contributed by atoms with E-state index in [1.807, 2.05) is 33.9 Å². The smallest absolute Gasteiger partial charge is 0.418 e. The lowest BCUT2D eigenvalue weighted by Gasteiger charge is -2.37. The first-order valence-electron chi connectivity index (χ1n) is 7.05. The van der Waals surface area contributed by atoms with Gasteiger partial charge in [0, 0.05) is 5.56 Å². The van der Waals surface area contributed by atoms with Crippen LogP contribution >= 0.6 is 0 Å². The number of hydrogen-bond donors (Lipinski definition) is 1. The van der Waals surface area contributed by atoms with Gasteiger partial charge in [0.25, 0.3) is 0 Å². The Morgan fingerprint density at radius 3 is 2.05 bits per heavy atom. The van der Waals surface area contributed by atoms with E-state index in [1.54, 1.807) is 30.3 Å². The van der Waals surface area contributed by atoms with Gasteiger partial charge < -0.3 is 9.53 Å². The highest BCUT2D eigenvalue weighted by Gasteiger charge is 2.41. The molecule has 0 amide bonds. The van der Waals surface area contributed by atoms with Crippen molar-refractivity contribution in [1.29, 1.82) is 0 Å². The van der Waals surface area contributed by atoms with Gasteiger partial charge in [-0.1, -0.05) is 51.1 Å². The van der Waals surface area contributed by atoms with Crippen molar-refractivity contribution in [3.63, 3.8) is 0 Å². The van der Waals surface area contributed by atoms with Gasteiger partial charge in [-0.15, -0.1) is 0 Å². The average Bonchev–Trinajstić information content (AvgIpc) is 2.36. The van der Waals surface area contributed by atoms with Gasteiger partial charge in [-0.05, 0) is 24.2 Å². The first-order chi connectivity index (χ1) is 9.84. The maximum Gasteiger partial charge on any atom is 0.418 e. The molecule has 0 aromatic heterocycles. The standard InChI is InChI=1S/C16H23F3O2Si/c1-15(2,3)22(4,5)21-13(11-14(20)16(17,18)19)12-9-7-6-8-10-12/h6-11,14,20H,1-5H3/b13-11-/t14-/m1/s1. The monoisotopic (exact) mass is 332 g/mol. The fourth-order valence-electron chi connectivity index (χ4n) is 1.46. The zero-order valence-corrected chi connectivity index (χ0v) is 14.5. The maximum atomic E-state index is 12.7. The third-order valence-corrected chi connectivity index (χ3v) is 8.22. The van der Waals surface area contributed by atoms with E-state index in [0.717, 1.165) is 6.08 Å². The van der Waals surface area contributed by atoms with Crippen LogP contribution in [-0.4, -0.2) is 25.7 Å². The van der Waals surface area contributed by atoms with Gasteiger partial charge in [0.15, 0.2) is 6.10 Å². The molecule has 0 aliphatic heterocycles. The number of aliphatic hydroxyl groups excluding tert-OH is 1. The number of halogens is 3. The van der Waals surface area contributed by atoms with Crippen molar-refractivity contribution in [2.24, 2.45) is 0 Å². The molecule has 0 unspecified atom stereocenters. The topological polar surface area (TPSA) is 29.5 Å². The first kappa shape index (κ1) is 18.8. The second kappa shape index (κ2) is 6.46. The van der Waals surface area contributed by atoms with Crippen LogP contribution in [0.1, 0.15) is 26.3 Å². The molecule has 6 heteroatoms. The van der Waals surface area contributed by atoms with Crippen molar-refractivity contribution >= 4 is 14.1 Å². The minimum absolute atomic E-state index is 0.0806. The van der Waals surface area contributed by atoms with E-state index < -0.39 is 20.6 Å². The van der Waals surface area contributed by atoms with Crippen LogP contribution in [0.25, 0.3) is 5.76 Å². The molecule has 124 valence electrons. The van der Waals surface area contributed by atoms with E-state index in [4.69, 9.17) is 4.43 Å². The Kier molecular flexibility index (Phi) is 5.51. The van der Waals surface area contributed by atoms with Gasteiger partial charge in [0.2, 0.25) is 8.32 Å². The van der Waals surface area contributed by atoms with Crippen molar-refractivity contribution in [1.82, 2.24) is 0 Å². The van der Waals surface area contributed by atoms with E-state index in [-0.39, 0.29) is 10.8 Å². The second-order valence-corrected chi connectivity index (χ2v) is 11.5. The molecule has 0 bridgehead atoms. The predicted molar refractivity (Wildman–Crippen MR) is 84.8 cm³/mol. The molecule has 1 N–H and O–H groups in total. The number of hydrogen-bond acceptors (Lipinski definition) is 2. The van der Waals surface area contributed by atoms with Crippen molar-refractivity contribution in [2.75, 3.05) is 0 Å². The molecule has 0 radical (unpaired) electrons. The van der Waals surface area contributed by atoms with E-state index in [2.05, 4.69) is 0 Å². The fourth-order valence-corrected chi connectivity index (χ4v) is 2.50. The van der Waals surface area contributed by atoms with Crippen LogP contribution in [0, 0.1) is 0 Å². The highest BCUT2D eigenvalue weighted by Crippen LogP contribution is 2.40. The summed E-state index contributed by atoms with van der Waals surface area (Å²) in [5.74, 6) is 0.0806. The van der Waals surface area contributed by atoms with Crippen LogP contribution < -0.4 is 0 Å². The summed E-state index contributed by atoms with van der Waals surface area (Å²) in [6, 6.07) is 8.55. The Labute approximate surface area is 130 Å². The predicted octanol–water partition coefficient (Wildman–Crippen LogP) is 4.97. The zero-order chi connectivity index (χ0) is 17.2. The van der Waals surface area contributed by atoms with Crippen LogP contribution in [0.5, 0.6) is 0 Å². The van der Waals surface area contributed by atoms with Crippen molar-refractivity contribution in [3.8, 4) is 0 Å². The van der Waals surface area contributed by atoms with Crippen LogP contribution in [0.2, 0.25) is 18.1 Å². The summed E-state index contributed by atoms with van der Waals surface area (Å²) in [6.07, 6.45) is -6.51. The Hall–Kier alpha value is -1.27. The Balaban J connectivity index is 3.23. The molecule has 1 rings (SSSR count). The van der Waals surface area contributed by atoms with Gasteiger partial charge in [-0.3, -0.25) is 0 Å². The Bertz CT molecular complexity index is 516. The third kappa shape index (κ3) is 4.88. The summed E-state index contributed by atoms with van der Waals surface area (Å²) in [7, 11) is -2.32. The van der Waals surface area contributed by atoms with E-state index >= 15 is 0 Å². The molecule has 0 heterocycles. The quantitative estimate of drug-likeness (QED) is 0.623. The molecule has 1 aromatic carbocycles. The highest BCUT2D eigenvalue weighted by molar-refractivity contribution is 6.74. The van der Waals surface area contributed by atoms with Gasteiger partial charge in [0.05, 0.1) is 0 Å². The normalized spacial score (nSPS) is 15.6. The van der Waals surface area contributed by atoms with Crippen molar-refractivity contribution in [3.05, 3.63) is 42.0 Å². The summed E-state index contributed by atoms with van der Waals surface area (Å²) < 4.78 is 44.0. The lowest BCUT2D eigenvalue weighted by molar-refractivity contribution is -0.187. The maximum absolute atomic E-state index is 12.7. The second-order valence-electron chi connectivity index (χ2n) is 6.75. The summed E-state index contributed by atoms with van der Waals surface area (Å²) in [5.41, 5.74) is 0.524. The highest BCUT2D eigenvalue weighted by atomic mass is 28.4. The lowest BCUT2D eigenvalue weighted by atomic mass is 10.1. The summed E-state index contributed by atoms with van der Waals surface area (Å²) in [5, 5.41) is 9.19.